The summed E-state index contributed by atoms with van der Waals surface area (Å²) in [5.41, 5.74) is 1.74. The Labute approximate surface area is 221 Å². The average Bonchev–Trinajstić information content (AvgIpc) is 3.18. The zero-order valence-electron chi connectivity index (χ0n) is 19.4. The summed E-state index contributed by atoms with van der Waals surface area (Å²) in [7, 11) is 0. The van der Waals surface area contributed by atoms with Crippen molar-refractivity contribution in [1.82, 2.24) is 4.90 Å². The van der Waals surface area contributed by atoms with E-state index in [2.05, 4.69) is 0 Å². The summed E-state index contributed by atoms with van der Waals surface area (Å²) < 4.78 is 43.7. The zero-order chi connectivity index (χ0) is 25.4. The van der Waals surface area contributed by atoms with Crippen molar-refractivity contribution in [2.45, 2.75) is 18.7 Å². The lowest BCUT2D eigenvalue weighted by molar-refractivity contribution is -0.142. The molecule has 4 aromatic rings. The maximum Gasteiger partial charge on any atom is 0.390 e. The molecule has 0 bridgehead atoms. The number of carbonyl (C=O) groups excluding carboxylic acids is 1. The molecule has 1 aliphatic rings. The Bertz CT molecular complexity index is 1400. The van der Waals surface area contributed by atoms with Crippen molar-refractivity contribution in [3.8, 4) is 27.7 Å². The number of hydrogen-bond acceptors (Lipinski definition) is 6. The van der Waals surface area contributed by atoms with Gasteiger partial charge in [-0.3, -0.25) is 9.69 Å². The van der Waals surface area contributed by atoms with Crippen LogP contribution in [-0.4, -0.2) is 52.8 Å². The highest BCUT2D eigenvalue weighted by Crippen LogP contribution is 2.41. The van der Waals surface area contributed by atoms with Crippen LogP contribution >= 0.6 is 23.7 Å². The topological polar surface area (TPSA) is 70.0 Å². The van der Waals surface area contributed by atoms with E-state index in [9.17, 15) is 28.2 Å². The van der Waals surface area contributed by atoms with E-state index in [0.29, 0.717) is 30.0 Å². The molecule has 5 rings (SSSR count). The molecule has 2 heterocycles. The Morgan fingerprint density at radius 1 is 0.973 bits per heavy atom. The largest absolute Gasteiger partial charge is 0.508 e. The molecular formula is C27H23ClF3NO4S. The smallest absolute Gasteiger partial charge is 0.390 e. The molecule has 0 saturated carbocycles. The van der Waals surface area contributed by atoms with Crippen LogP contribution < -0.4 is 4.74 Å². The molecule has 2 N–H and O–H groups in total. The summed E-state index contributed by atoms with van der Waals surface area (Å²) in [5, 5.41) is 20.3. The first kappa shape index (κ1) is 26.8. The highest BCUT2D eigenvalue weighted by molar-refractivity contribution is 7.22. The lowest BCUT2D eigenvalue weighted by atomic mass is 9.97. The molecule has 1 fully saturated rings. The highest BCUT2D eigenvalue weighted by Gasteiger charge is 2.33. The number of phenolic OH excluding ortho intramolecular Hbond substituents is 2. The number of carbonyl (C=O) groups is 1. The van der Waals surface area contributed by atoms with E-state index < -0.39 is 12.6 Å². The number of halogens is 4. The number of rotatable bonds is 7. The van der Waals surface area contributed by atoms with Gasteiger partial charge in [0.2, 0.25) is 0 Å². The van der Waals surface area contributed by atoms with E-state index in [1.165, 1.54) is 11.3 Å². The molecule has 37 heavy (non-hydrogen) atoms. The summed E-state index contributed by atoms with van der Waals surface area (Å²) in [4.78, 5) is 16.0. The normalized spacial score (nSPS) is 14.2. The zero-order valence-corrected chi connectivity index (χ0v) is 21.0. The number of phenols is 2. The van der Waals surface area contributed by atoms with E-state index in [0.717, 1.165) is 20.5 Å². The molecule has 0 unspecified atom stereocenters. The maximum absolute atomic E-state index is 13.6. The molecule has 1 saturated heterocycles. The van der Waals surface area contributed by atoms with Gasteiger partial charge in [0.15, 0.2) is 5.78 Å². The fraction of sp³-hybridized carbons (Fsp3) is 0.222. The summed E-state index contributed by atoms with van der Waals surface area (Å²) in [6.07, 6.45) is -5.18. The van der Waals surface area contributed by atoms with Crippen molar-refractivity contribution in [3.05, 3.63) is 77.9 Å². The Hall–Kier alpha value is -3.27. The Morgan fingerprint density at radius 2 is 1.62 bits per heavy atom. The van der Waals surface area contributed by atoms with Gasteiger partial charge < -0.3 is 14.9 Å². The minimum Gasteiger partial charge on any atom is -0.508 e. The Morgan fingerprint density at radius 3 is 2.27 bits per heavy atom. The molecule has 0 radical (unpaired) electrons. The lowest BCUT2D eigenvalue weighted by Crippen LogP contribution is -2.54. The van der Waals surface area contributed by atoms with E-state index >= 15 is 0 Å². The van der Waals surface area contributed by atoms with Crippen LogP contribution in [0.2, 0.25) is 0 Å². The van der Waals surface area contributed by atoms with Crippen molar-refractivity contribution < 1.29 is 32.9 Å². The number of alkyl halides is 3. The van der Waals surface area contributed by atoms with Gasteiger partial charge in [-0.15, -0.1) is 23.7 Å². The van der Waals surface area contributed by atoms with Gasteiger partial charge >= 0.3 is 6.18 Å². The Kier molecular flexibility index (Phi) is 7.68. The van der Waals surface area contributed by atoms with Crippen LogP contribution in [0.4, 0.5) is 13.2 Å². The molecule has 0 spiro atoms. The predicted molar refractivity (Wildman–Crippen MR) is 139 cm³/mol. The minimum absolute atomic E-state index is 0. The second-order valence-electron chi connectivity index (χ2n) is 8.75. The molecule has 1 aliphatic heterocycles. The summed E-state index contributed by atoms with van der Waals surface area (Å²) >= 11 is 1.39. The first-order valence-corrected chi connectivity index (χ1v) is 12.1. The van der Waals surface area contributed by atoms with Crippen LogP contribution in [0.1, 0.15) is 22.3 Å². The van der Waals surface area contributed by atoms with Crippen molar-refractivity contribution in [2.24, 2.45) is 0 Å². The lowest BCUT2D eigenvalue weighted by Gasteiger charge is -2.39. The maximum atomic E-state index is 13.6. The number of hydrogen-bond donors (Lipinski definition) is 2. The number of ketones is 1. The van der Waals surface area contributed by atoms with E-state index in [1.807, 2.05) is 0 Å². The van der Waals surface area contributed by atoms with Gasteiger partial charge in [-0.2, -0.15) is 13.2 Å². The van der Waals surface area contributed by atoms with Crippen molar-refractivity contribution in [3.63, 3.8) is 0 Å². The Balaban J connectivity index is 0.00000320. The summed E-state index contributed by atoms with van der Waals surface area (Å²) in [6, 6.07) is 18.2. The van der Waals surface area contributed by atoms with Crippen LogP contribution in [0.5, 0.6) is 17.2 Å². The van der Waals surface area contributed by atoms with Crippen LogP contribution in [0.15, 0.2) is 66.7 Å². The van der Waals surface area contributed by atoms with E-state index in [4.69, 9.17) is 4.74 Å². The average molecular weight is 550 g/mol. The number of nitrogens with zero attached hydrogens (tertiary/aromatic N) is 1. The number of benzene rings is 3. The number of ether oxygens (including phenoxy) is 1. The van der Waals surface area contributed by atoms with Gasteiger partial charge in [0.05, 0.1) is 6.42 Å². The molecule has 10 heteroatoms. The third kappa shape index (κ3) is 6.01. The fourth-order valence-electron chi connectivity index (χ4n) is 4.21. The van der Waals surface area contributed by atoms with Crippen LogP contribution in [0, 0.1) is 0 Å². The van der Waals surface area contributed by atoms with Crippen molar-refractivity contribution in [2.75, 3.05) is 19.6 Å². The van der Waals surface area contributed by atoms with Crippen LogP contribution in [-0.2, 0) is 0 Å². The van der Waals surface area contributed by atoms with Crippen molar-refractivity contribution in [1.29, 1.82) is 0 Å². The molecule has 0 atom stereocenters. The third-order valence-corrected chi connectivity index (χ3v) is 7.29. The van der Waals surface area contributed by atoms with Gasteiger partial charge in [0.25, 0.3) is 0 Å². The molecule has 194 valence electrons. The molecule has 5 nitrogen and oxygen atoms in total. The van der Waals surface area contributed by atoms with Gasteiger partial charge in [-0.05, 0) is 72.3 Å². The molecule has 3 aromatic carbocycles. The minimum atomic E-state index is -4.16. The SMILES string of the molecule is Cl.O=C(c1ccc(OC2CN(CCC(F)(F)F)C2)cc1)c1c(-c2ccc(O)cc2)sc2cc(O)ccc12. The third-order valence-electron chi connectivity index (χ3n) is 6.08. The predicted octanol–water partition coefficient (Wildman–Crippen LogP) is 6.65. The first-order chi connectivity index (χ1) is 17.2. The second-order valence-corrected chi connectivity index (χ2v) is 9.80. The number of likely N-dealkylation sites (tertiary alicyclic amines) is 1. The monoisotopic (exact) mass is 549 g/mol. The van der Waals surface area contributed by atoms with E-state index in [-0.39, 0.29) is 42.3 Å². The standard InChI is InChI=1S/C27H22F3NO4S.ClH/c28-27(29,30)11-12-31-14-21(15-31)35-20-8-3-16(4-9-20)25(34)24-22-10-7-19(33)13-23(22)36-26(24)17-1-5-18(32)6-2-17;/h1-10,13,21,32-33H,11-12,14-15H2;1H. The quantitative estimate of drug-likeness (QED) is 0.253. The van der Waals surface area contributed by atoms with Gasteiger partial charge in [-0.25, -0.2) is 0 Å². The number of thiophene rings is 1. The van der Waals surface area contributed by atoms with Crippen LogP contribution in [0.3, 0.4) is 0 Å². The first-order valence-electron chi connectivity index (χ1n) is 11.3. The number of fused-ring (bicyclic) bond motifs is 1. The van der Waals surface area contributed by atoms with Crippen molar-refractivity contribution >= 4 is 39.6 Å². The van der Waals surface area contributed by atoms with Crippen LogP contribution in [0.25, 0.3) is 20.5 Å². The molecule has 0 amide bonds. The summed E-state index contributed by atoms with van der Waals surface area (Å²) in [5.74, 6) is 0.583. The highest BCUT2D eigenvalue weighted by atomic mass is 35.5. The van der Waals surface area contributed by atoms with Gasteiger partial charge in [-0.1, -0.05) is 0 Å². The fourth-order valence-corrected chi connectivity index (χ4v) is 5.45. The molecule has 0 aliphatic carbocycles. The van der Waals surface area contributed by atoms with Gasteiger partial charge in [0, 0.05) is 45.7 Å². The second kappa shape index (κ2) is 10.6. The van der Waals surface area contributed by atoms with Gasteiger partial charge in [0.1, 0.15) is 23.4 Å². The summed E-state index contributed by atoms with van der Waals surface area (Å²) in [6.45, 7) is 0.827. The molecule has 1 aromatic heterocycles. The molecular weight excluding hydrogens is 527 g/mol. The number of aromatic hydroxyl groups is 2. The van der Waals surface area contributed by atoms with E-state index in [1.54, 1.807) is 71.6 Å².